The first-order valence-corrected chi connectivity index (χ1v) is 7.23. The normalized spacial score (nSPS) is 11.7. The van der Waals surface area contributed by atoms with Crippen LogP contribution in [0, 0.1) is 6.92 Å². The largest absolute Gasteiger partial charge is 0.416 e. The number of rotatable bonds is 2. The molecule has 0 saturated carbocycles. The second kappa shape index (κ2) is 5.70. The Hall–Kier alpha value is -2.76. The van der Waals surface area contributed by atoms with E-state index in [1.165, 1.54) is 13.0 Å². The Bertz CT molecular complexity index is 949. The van der Waals surface area contributed by atoms with Gasteiger partial charge in [0, 0.05) is 11.8 Å². The summed E-state index contributed by atoms with van der Waals surface area (Å²) in [6.45, 7) is 3.08. The average Bonchev–Trinajstić information content (AvgIpc) is 2.53. The van der Waals surface area contributed by atoms with E-state index < -0.39 is 11.7 Å². The van der Waals surface area contributed by atoms with Crippen molar-refractivity contribution < 1.29 is 18.0 Å². The molecule has 0 bridgehead atoms. The van der Waals surface area contributed by atoms with Gasteiger partial charge in [-0.15, -0.1) is 0 Å². The molecule has 0 fully saturated rings. The minimum absolute atomic E-state index is 0.202. The van der Waals surface area contributed by atoms with Crippen molar-refractivity contribution in [3.63, 3.8) is 0 Å². The van der Waals surface area contributed by atoms with Gasteiger partial charge in [-0.3, -0.25) is 9.78 Å². The molecule has 2 heterocycles. The van der Waals surface area contributed by atoms with Crippen LogP contribution in [-0.4, -0.2) is 15.8 Å². The number of hydrogen-bond acceptors (Lipinski definition) is 3. The van der Waals surface area contributed by atoms with Crippen LogP contribution >= 0.6 is 0 Å². The lowest BCUT2D eigenvalue weighted by Gasteiger charge is -2.13. The van der Waals surface area contributed by atoms with Crippen LogP contribution in [0.25, 0.3) is 22.3 Å². The number of ketones is 1. The smallest absolute Gasteiger partial charge is 0.294 e. The highest BCUT2D eigenvalue weighted by molar-refractivity contribution is 6.07. The predicted octanol–water partition coefficient (Wildman–Crippen LogP) is 4.83. The second-order valence-corrected chi connectivity index (χ2v) is 5.47. The number of hydrogen-bond donors (Lipinski definition) is 0. The first-order chi connectivity index (χ1) is 11.3. The van der Waals surface area contributed by atoms with E-state index in [1.807, 2.05) is 0 Å². The quantitative estimate of drug-likeness (QED) is 0.632. The van der Waals surface area contributed by atoms with Crippen LogP contribution in [-0.2, 0) is 6.18 Å². The molecule has 0 radical (unpaired) electrons. The third-order valence-corrected chi connectivity index (χ3v) is 3.80. The Morgan fingerprint density at radius 1 is 1.12 bits per heavy atom. The number of pyridine rings is 2. The molecule has 0 saturated heterocycles. The summed E-state index contributed by atoms with van der Waals surface area (Å²) >= 11 is 0. The molecular formula is C18H13F3N2O. The van der Waals surface area contributed by atoms with Gasteiger partial charge in [-0.25, -0.2) is 4.98 Å². The number of carbonyl (C=O) groups is 1. The van der Waals surface area contributed by atoms with E-state index >= 15 is 0 Å². The second-order valence-electron chi connectivity index (χ2n) is 5.47. The zero-order valence-electron chi connectivity index (χ0n) is 13.0. The lowest BCUT2D eigenvalue weighted by Crippen LogP contribution is -2.06. The van der Waals surface area contributed by atoms with Crippen molar-refractivity contribution in [1.82, 2.24) is 9.97 Å². The number of halogens is 3. The van der Waals surface area contributed by atoms with Crippen molar-refractivity contribution in [2.75, 3.05) is 0 Å². The lowest BCUT2D eigenvalue weighted by atomic mass is 9.97. The molecule has 3 aromatic rings. The third-order valence-electron chi connectivity index (χ3n) is 3.80. The minimum atomic E-state index is -4.44. The van der Waals surface area contributed by atoms with Crippen LogP contribution in [0.4, 0.5) is 13.2 Å². The van der Waals surface area contributed by atoms with E-state index in [9.17, 15) is 18.0 Å². The fourth-order valence-corrected chi connectivity index (χ4v) is 2.73. The van der Waals surface area contributed by atoms with E-state index in [-0.39, 0.29) is 5.78 Å². The fourth-order valence-electron chi connectivity index (χ4n) is 2.73. The van der Waals surface area contributed by atoms with Crippen molar-refractivity contribution in [3.8, 4) is 11.3 Å². The number of aromatic nitrogens is 2. The minimum Gasteiger partial charge on any atom is -0.294 e. The topological polar surface area (TPSA) is 42.9 Å². The molecule has 3 rings (SSSR count). The number of alkyl halides is 3. The Kier molecular flexibility index (Phi) is 3.83. The van der Waals surface area contributed by atoms with Crippen molar-refractivity contribution >= 4 is 16.8 Å². The summed E-state index contributed by atoms with van der Waals surface area (Å²) < 4.78 is 38.9. The molecule has 0 atom stereocenters. The third kappa shape index (κ3) is 2.75. The number of carbonyl (C=O) groups excluding carboxylic acids is 1. The summed E-state index contributed by atoms with van der Waals surface area (Å²) in [6.07, 6.45) is -2.88. The maximum Gasteiger partial charge on any atom is 0.416 e. The predicted molar refractivity (Wildman–Crippen MR) is 84.7 cm³/mol. The number of Topliss-reactive ketones (excluding diaryl/α,β-unsaturated/α-hetero) is 1. The van der Waals surface area contributed by atoms with Crippen LogP contribution in [0.1, 0.15) is 28.4 Å². The van der Waals surface area contributed by atoms with Crippen molar-refractivity contribution in [2.24, 2.45) is 0 Å². The summed E-state index contributed by atoms with van der Waals surface area (Å²) in [5.74, 6) is -0.202. The van der Waals surface area contributed by atoms with Crippen LogP contribution in [0.3, 0.4) is 0 Å². The molecule has 122 valence electrons. The van der Waals surface area contributed by atoms with Gasteiger partial charge in [-0.1, -0.05) is 12.1 Å². The van der Waals surface area contributed by atoms with Crippen LogP contribution < -0.4 is 0 Å². The van der Waals surface area contributed by atoms with Gasteiger partial charge in [0.25, 0.3) is 0 Å². The number of nitrogens with zero attached hydrogens (tertiary/aromatic N) is 2. The highest BCUT2D eigenvalue weighted by Crippen LogP contribution is 2.34. The molecule has 24 heavy (non-hydrogen) atoms. The van der Waals surface area contributed by atoms with E-state index in [4.69, 9.17) is 0 Å². The molecular weight excluding hydrogens is 317 g/mol. The van der Waals surface area contributed by atoms with Gasteiger partial charge >= 0.3 is 6.18 Å². The Morgan fingerprint density at radius 3 is 2.54 bits per heavy atom. The molecule has 1 aromatic carbocycles. The van der Waals surface area contributed by atoms with Gasteiger partial charge in [-0.05, 0) is 43.7 Å². The Labute approximate surface area is 136 Å². The maximum atomic E-state index is 13.0. The summed E-state index contributed by atoms with van der Waals surface area (Å²) in [5.41, 5.74) is 1.75. The van der Waals surface area contributed by atoms with Crippen molar-refractivity contribution in [1.29, 1.82) is 0 Å². The van der Waals surface area contributed by atoms with E-state index in [1.54, 1.807) is 31.3 Å². The number of fused-ring (bicyclic) bond motifs is 1. The Balaban J connectivity index is 2.32. The van der Waals surface area contributed by atoms with Gasteiger partial charge < -0.3 is 0 Å². The van der Waals surface area contributed by atoms with Gasteiger partial charge in [0.1, 0.15) is 0 Å². The van der Waals surface area contributed by atoms with E-state index in [0.29, 0.717) is 33.4 Å². The van der Waals surface area contributed by atoms with Gasteiger partial charge in [0.2, 0.25) is 0 Å². The molecule has 6 heteroatoms. The molecule has 2 aromatic heterocycles. The van der Waals surface area contributed by atoms with E-state index in [2.05, 4.69) is 9.97 Å². The summed E-state index contributed by atoms with van der Waals surface area (Å²) in [5, 5.41) is 0. The van der Waals surface area contributed by atoms with Crippen molar-refractivity contribution in [3.05, 3.63) is 59.3 Å². The summed E-state index contributed by atoms with van der Waals surface area (Å²) in [6, 6.07) is 8.29. The van der Waals surface area contributed by atoms with E-state index in [0.717, 1.165) is 12.1 Å². The first-order valence-electron chi connectivity index (χ1n) is 7.23. The highest BCUT2D eigenvalue weighted by atomic mass is 19.4. The molecule has 0 aliphatic rings. The van der Waals surface area contributed by atoms with Gasteiger partial charge in [-0.2, -0.15) is 13.2 Å². The molecule has 0 spiro atoms. The monoisotopic (exact) mass is 330 g/mol. The lowest BCUT2D eigenvalue weighted by molar-refractivity contribution is -0.137. The molecule has 0 aliphatic heterocycles. The summed E-state index contributed by atoms with van der Waals surface area (Å²) in [4.78, 5) is 20.7. The zero-order chi connectivity index (χ0) is 17.5. The molecule has 0 N–H and O–H groups in total. The van der Waals surface area contributed by atoms with Crippen LogP contribution in [0.2, 0.25) is 0 Å². The van der Waals surface area contributed by atoms with Crippen LogP contribution in [0.5, 0.6) is 0 Å². The molecule has 0 aliphatic carbocycles. The Morgan fingerprint density at radius 2 is 1.88 bits per heavy atom. The number of benzene rings is 1. The zero-order valence-corrected chi connectivity index (χ0v) is 13.0. The highest BCUT2D eigenvalue weighted by Gasteiger charge is 2.30. The molecule has 3 nitrogen and oxygen atoms in total. The van der Waals surface area contributed by atoms with Crippen LogP contribution in [0.15, 0.2) is 42.6 Å². The maximum absolute atomic E-state index is 13.0. The summed E-state index contributed by atoms with van der Waals surface area (Å²) in [7, 11) is 0. The molecule has 0 unspecified atom stereocenters. The fraction of sp³-hybridized carbons (Fsp3) is 0.167. The van der Waals surface area contributed by atoms with Gasteiger partial charge in [0.15, 0.2) is 5.78 Å². The average molecular weight is 330 g/mol. The molecule has 0 amide bonds. The van der Waals surface area contributed by atoms with Gasteiger partial charge in [0.05, 0.1) is 27.9 Å². The first kappa shape index (κ1) is 16.1. The van der Waals surface area contributed by atoms with Crippen molar-refractivity contribution in [2.45, 2.75) is 20.0 Å². The standard InChI is InChI=1S/C18H13F3N2O/c1-10-15(11(2)24)17-14(7-4-8-22-17)23-16(10)12-5-3-6-13(9-12)18(19,20)21/h3-9H,1-2H3. The SMILES string of the molecule is CC(=O)c1c(C)c(-c2cccc(C(F)(F)F)c2)nc2cccnc12.